The van der Waals surface area contributed by atoms with Crippen molar-refractivity contribution in [2.75, 3.05) is 0 Å². The van der Waals surface area contributed by atoms with Crippen molar-refractivity contribution in [3.8, 4) is 0 Å². The van der Waals surface area contributed by atoms with E-state index in [2.05, 4.69) is 15.9 Å². The number of carbonyl (C=O) groups excluding carboxylic acids is 1. The smallest absolute Gasteiger partial charge is 0.187 e. The standard InChI is InChI=1S/C17H13BrO2/c18-14-8-4-5-12(11-14)9-10-15(19)17-16(20-17)13-6-2-1-3-7-13/h1-11,16-17H/b10-9+/t16-,17+/m0/s1. The second-order valence-corrected chi connectivity index (χ2v) is 5.59. The van der Waals surface area contributed by atoms with E-state index in [1.807, 2.05) is 60.7 Å². The fraction of sp³-hybridized carbons (Fsp3) is 0.118. The van der Waals surface area contributed by atoms with E-state index in [0.29, 0.717) is 0 Å². The van der Waals surface area contributed by atoms with Crippen molar-refractivity contribution < 1.29 is 9.53 Å². The van der Waals surface area contributed by atoms with E-state index in [-0.39, 0.29) is 18.0 Å². The Morgan fingerprint density at radius 1 is 1.10 bits per heavy atom. The maximum Gasteiger partial charge on any atom is 0.187 e. The molecule has 3 heteroatoms. The summed E-state index contributed by atoms with van der Waals surface area (Å²) in [5.41, 5.74) is 2.05. The quantitative estimate of drug-likeness (QED) is 0.622. The summed E-state index contributed by atoms with van der Waals surface area (Å²) >= 11 is 3.41. The van der Waals surface area contributed by atoms with Crippen LogP contribution in [0, 0.1) is 0 Å². The number of carbonyl (C=O) groups is 1. The Bertz CT molecular complexity index is 649. The van der Waals surface area contributed by atoms with Crippen molar-refractivity contribution in [3.05, 3.63) is 76.3 Å². The van der Waals surface area contributed by atoms with Crippen LogP contribution in [-0.2, 0) is 9.53 Å². The third-order valence-electron chi connectivity index (χ3n) is 3.19. The minimum absolute atomic E-state index is 0.0128. The van der Waals surface area contributed by atoms with Crippen molar-refractivity contribution in [3.63, 3.8) is 0 Å². The van der Waals surface area contributed by atoms with Crippen LogP contribution in [-0.4, -0.2) is 11.9 Å². The zero-order valence-electron chi connectivity index (χ0n) is 10.7. The van der Waals surface area contributed by atoms with Crippen LogP contribution >= 0.6 is 15.9 Å². The number of epoxide rings is 1. The van der Waals surface area contributed by atoms with Crippen LogP contribution in [0.5, 0.6) is 0 Å². The molecule has 0 radical (unpaired) electrons. The second kappa shape index (κ2) is 5.73. The molecule has 0 saturated carbocycles. The first-order valence-electron chi connectivity index (χ1n) is 6.42. The van der Waals surface area contributed by atoms with Gasteiger partial charge in [-0.3, -0.25) is 4.79 Å². The first kappa shape index (κ1) is 13.3. The molecule has 2 nitrogen and oxygen atoms in total. The van der Waals surface area contributed by atoms with Gasteiger partial charge in [0.05, 0.1) is 0 Å². The third kappa shape index (κ3) is 3.06. The lowest BCUT2D eigenvalue weighted by Crippen LogP contribution is -2.03. The monoisotopic (exact) mass is 328 g/mol. The summed E-state index contributed by atoms with van der Waals surface area (Å²) < 4.78 is 6.46. The van der Waals surface area contributed by atoms with Crippen molar-refractivity contribution in [1.29, 1.82) is 0 Å². The van der Waals surface area contributed by atoms with Crippen molar-refractivity contribution in [2.24, 2.45) is 0 Å². The van der Waals surface area contributed by atoms with E-state index < -0.39 is 0 Å². The lowest BCUT2D eigenvalue weighted by Gasteiger charge is -1.94. The minimum Gasteiger partial charge on any atom is -0.356 e. The normalized spacial score (nSPS) is 21.1. The van der Waals surface area contributed by atoms with Gasteiger partial charge in [-0.1, -0.05) is 64.5 Å². The summed E-state index contributed by atoms with van der Waals surface area (Å²) in [6, 6.07) is 17.6. The molecular weight excluding hydrogens is 316 g/mol. The SMILES string of the molecule is O=C(/C=C/c1cccc(Br)c1)[C@H]1O[C@H]1c1ccccc1. The van der Waals surface area contributed by atoms with Crippen LogP contribution in [0.15, 0.2) is 65.1 Å². The molecule has 2 aromatic carbocycles. The molecule has 1 fully saturated rings. The molecule has 2 aromatic rings. The number of ketones is 1. The predicted octanol–water partition coefficient (Wildman–Crippen LogP) is 4.17. The molecule has 1 aliphatic rings. The second-order valence-electron chi connectivity index (χ2n) is 4.68. The average molecular weight is 329 g/mol. The molecule has 100 valence electrons. The summed E-state index contributed by atoms with van der Waals surface area (Å²) in [4.78, 5) is 12.0. The van der Waals surface area contributed by atoms with Crippen LogP contribution in [0.3, 0.4) is 0 Å². The van der Waals surface area contributed by atoms with E-state index in [9.17, 15) is 4.79 Å². The van der Waals surface area contributed by atoms with E-state index in [0.717, 1.165) is 15.6 Å². The lowest BCUT2D eigenvalue weighted by atomic mass is 10.1. The Morgan fingerprint density at radius 2 is 1.90 bits per heavy atom. The van der Waals surface area contributed by atoms with Gasteiger partial charge < -0.3 is 4.74 Å². The number of halogens is 1. The number of hydrogen-bond donors (Lipinski definition) is 0. The zero-order valence-corrected chi connectivity index (χ0v) is 12.3. The van der Waals surface area contributed by atoms with Gasteiger partial charge in [-0.05, 0) is 29.3 Å². The number of benzene rings is 2. The van der Waals surface area contributed by atoms with Gasteiger partial charge in [-0.2, -0.15) is 0 Å². The van der Waals surface area contributed by atoms with Crippen molar-refractivity contribution in [1.82, 2.24) is 0 Å². The number of rotatable bonds is 4. The van der Waals surface area contributed by atoms with Crippen LogP contribution < -0.4 is 0 Å². The molecule has 0 spiro atoms. The van der Waals surface area contributed by atoms with Gasteiger partial charge in [0, 0.05) is 4.47 Å². The highest BCUT2D eigenvalue weighted by Gasteiger charge is 2.44. The summed E-state index contributed by atoms with van der Waals surface area (Å²) in [5.74, 6) is 0.0128. The van der Waals surface area contributed by atoms with Gasteiger partial charge in [0.1, 0.15) is 6.10 Å². The summed E-state index contributed by atoms with van der Waals surface area (Å²) in [6.07, 6.45) is 2.99. The Labute approximate surface area is 126 Å². The topological polar surface area (TPSA) is 29.6 Å². The average Bonchev–Trinajstić information content (AvgIpc) is 3.26. The van der Waals surface area contributed by atoms with Gasteiger partial charge in [-0.15, -0.1) is 0 Å². The highest BCUT2D eigenvalue weighted by atomic mass is 79.9. The highest BCUT2D eigenvalue weighted by molar-refractivity contribution is 9.10. The van der Waals surface area contributed by atoms with Crippen LogP contribution in [0.1, 0.15) is 17.2 Å². The number of hydrogen-bond acceptors (Lipinski definition) is 2. The van der Waals surface area contributed by atoms with Crippen LogP contribution in [0.25, 0.3) is 6.08 Å². The van der Waals surface area contributed by atoms with Gasteiger partial charge >= 0.3 is 0 Å². The van der Waals surface area contributed by atoms with E-state index in [1.165, 1.54) is 0 Å². The zero-order chi connectivity index (χ0) is 13.9. The molecule has 2 atom stereocenters. The van der Waals surface area contributed by atoms with Crippen LogP contribution in [0.2, 0.25) is 0 Å². The molecule has 0 unspecified atom stereocenters. The molecular formula is C17H13BrO2. The van der Waals surface area contributed by atoms with E-state index in [4.69, 9.17) is 4.74 Å². The Balaban J connectivity index is 1.64. The van der Waals surface area contributed by atoms with Gasteiger partial charge in [-0.25, -0.2) is 0 Å². The maximum absolute atomic E-state index is 12.0. The summed E-state index contributed by atoms with van der Waals surface area (Å²) in [6.45, 7) is 0. The Hall–Kier alpha value is -1.71. The van der Waals surface area contributed by atoms with Gasteiger partial charge in [0.2, 0.25) is 0 Å². The summed E-state index contributed by atoms with van der Waals surface area (Å²) in [7, 11) is 0. The Morgan fingerprint density at radius 3 is 2.65 bits per heavy atom. The van der Waals surface area contributed by atoms with Crippen LogP contribution in [0.4, 0.5) is 0 Å². The molecule has 1 heterocycles. The molecule has 1 aliphatic heterocycles. The first-order valence-corrected chi connectivity index (χ1v) is 7.21. The summed E-state index contributed by atoms with van der Waals surface area (Å²) in [5, 5.41) is 0. The molecule has 0 aromatic heterocycles. The van der Waals surface area contributed by atoms with Gasteiger partial charge in [0.15, 0.2) is 11.9 Å². The predicted molar refractivity (Wildman–Crippen MR) is 82.2 cm³/mol. The van der Waals surface area contributed by atoms with E-state index in [1.54, 1.807) is 6.08 Å². The fourth-order valence-electron chi connectivity index (χ4n) is 2.11. The molecule has 20 heavy (non-hydrogen) atoms. The van der Waals surface area contributed by atoms with Gasteiger partial charge in [0.25, 0.3) is 0 Å². The largest absolute Gasteiger partial charge is 0.356 e. The third-order valence-corrected chi connectivity index (χ3v) is 3.68. The minimum atomic E-state index is -0.333. The maximum atomic E-state index is 12.0. The highest BCUT2D eigenvalue weighted by Crippen LogP contribution is 2.39. The molecule has 3 rings (SSSR count). The molecule has 1 saturated heterocycles. The molecule has 0 N–H and O–H groups in total. The van der Waals surface area contributed by atoms with Crippen molar-refractivity contribution in [2.45, 2.75) is 12.2 Å². The lowest BCUT2D eigenvalue weighted by molar-refractivity contribution is -0.115. The fourth-order valence-corrected chi connectivity index (χ4v) is 2.53. The molecule has 0 amide bonds. The first-order chi connectivity index (χ1) is 9.74. The van der Waals surface area contributed by atoms with Crippen molar-refractivity contribution >= 4 is 27.8 Å². The Kier molecular flexibility index (Phi) is 3.81. The molecule has 0 aliphatic carbocycles. The molecule has 0 bridgehead atoms. The number of ether oxygens (including phenoxy) is 1. The van der Waals surface area contributed by atoms with E-state index >= 15 is 0 Å².